The van der Waals surface area contributed by atoms with Crippen LogP contribution < -0.4 is 14.8 Å². The fourth-order valence-electron chi connectivity index (χ4n) is 12.3. The van der Waals surface area contributed by atoms with E-state index in [2.05, 4.69) is 63.2 Å². The van der Waals surface area contributed by atoms with Crippen LogP contribution >= 0.6 is 0 Å². The summed E-state index contributed by atoms with van der Waals surface area (Å²) in [6.45, 7) is 19.5. The predicted molar refractivity (Wildman–Crippen MR) is 251 cm³/mol. The van der Waals surface area contributed by atoms with E-state index in [-0.39, 0.29) is 64.3 Å². The molecule has 10 nitrogen and oxygen atoms in total. The maximum Gasteiger partial charge on any atom is 0.407 e. The maximum atomic E-state index is 18.0. The molecule has 8 rings (SSSR count). The highest BCUT2D eigenvalue weighted by Crippen LogP contribution is 2.54. The second kappa shape index (κ2) is 18.5. The molecular formula is C51H65F4N5O5Si. The average molecular weight is 932 g/mol. The molecule has 2 saturated carbocycles. The van der Waals surface area contributed by atoms with Gasteiger partial charge in [-0.3, -0.25) is 9.88 Å². The van der Waals surface area contributed by atoms with Crippen molar-refractivity contribution in [1.29, 1.82) is 0 Å². The highest BCUT2D eigenvalue weighted by Gasteiger charge is 2.53. The molecule has 2 aliphatic carbocycles. The van der Waals surface area contributed by atoms with E-state index in [4.69, 9.17) is 33.9 Å². The Hall–Kier alpha value is -4.52. The number of hydrogen-bond acceptors (Lipinski definition) is 9. The van der Waals surface area contributed by atoms with Crippen molar-refractivity contribution in [3.8, 4) is 34.5 Å². The lowest BCUT2D eigenvalue weighted by Gasteiger charge is -2.38. The molecule has 2 saturated heterocycles. The van der Waals surface area contributed by atoms with Gasteiger partial charge in [0, 0.05) is 54.4 Å². The standard InChI is InChI=1S/C51H65F4N5O5Si/c1-28(2)66(29(3)4,30(5)6)19-16-35-39(53)15-13-31-20-34(64-27-62-10)22-37(41(31)35)46-44(55)47-38(24-56-46)45(58-48(59-47)63-26-51-17-11-18-60(51)25-33(52)23-51)42-32-12-14-36(42)43(54)40(21-32)57-49(61)65-50(7,8)9/h13,15,20,22,24,28-30,32-33,36,40,42-43H,11-12,14,17-18,21,23,25-27H2,1-10H3,(H,57,61)/t32-,33+,36-,40+,42?,43+,51-/m0/s1. The predicted octanol–water partition coefficient (Wildman–Crippen LogP) is 11.4. The van der Waals surface area contributed by atoms with Crippen LogP contribution in [-0.4, -0.2) is 97.1 Å². The summed E-state index contributed by atoms with van der Waals surface area (Å²) in [5, 5.41) is 4.01. The van der Waals surface area contributed by atoms with Crippen LogP contribution in [0.25, 0.3) is 32.9 Å². The number of aromatic nitrogens is 3. The van der Waals surface area contributed by atoms with Gasteiger partial charge in [-0.25, -0.2) is 22.4 Å². The molecular weight excluding hydrogens is 867 g/mol. The van der Waals surface area contributed by atoms with Gasteiger partial charge in [0.05, 0.1) is 22.8 Å². The van der Waals surface area contributed by atoms with E-state index in [9.17, 15) is 9.18 Å². The molecule has 0 radical (unpaired) electrons. The summed E-state index contributed by atoms with van der Waals surface area (Å²) in [7, 11) is -0.858. The van der Waals surface area contributed by atoms with Crippen molar-refractivity contribution in [3.05, 3.63) is 53.4 Å². The van der Waals surface area contributed by atoms with Gasteiger partial charge in [0.15, 0.2) is 12.6 Å². The average Bonchev–Trinajstić information content (AvgIpc) is 3.90. The molecule has 1 amide bonds. The Morgan fingerprint density at radius 3 is 2.47 bits per heavy atom. The van der Waals surface area contributed by atoms with E-state index in [0.29, 0.717) is 59.8 Å². The van der Waals surface area contributed by atoms with Crippen LogP contribution in [0.4, 0.5) is 22.4 Å². The molecule has 2 aromatic carbocycles. The van der Waals surface area contributed by atoms with Gasteiger partial charge in [-0.15, -0.1) is 5.54 Å². The molecule has 7 atom stereocenters. The summed E-state index contributed by atoms with van der Waals surface area (Å²) in [6, 6.07) is 5.48. The second-order valence-electron chi connectivity index (χ2n) is 21.1. The number of methoxy groups -OCH3 is 1. The summed E-state index contributed by atoms with van der Waals surface area (Å²) in [6.07, 6.45) is 1.85. The van der Waals surface area contributed by atoms with Crippen LogP contribution in [0.5, 0.6) is 11.8 Å². The van der Waals surface area contributed by atoms with Crippen molar-refractivity contribution in [1.82, 2.24) is 25.2 Å². The fraction of sp³-hybridized carbons (Fsp3) is 0.608. The van der Waals surface area contributed by atoms with Crippen LogP contribution in [0.15, 0.2) is 30.5 Å². The molecule has 0 spiro atoms. The lowest BCUT2D eigenvalue weighted by atomic mass is 9.72. The molecule has 4 aromatic rings. The molecule has 1 unspecified atom stereocenters. The Kier molecular flexibility index (Phi) is 13.5. The van der Waals surface area contributed by atoms with Gasteiger partial charge in [0.25, 0.3) is 0 Å². The molecule has 4 heterocycles. The Morgan fingerprint density at radius 1 is 1.03 bits per heavy atom. The van der Waals surface area contributed by atoms with Gasteiger partial charge in [-0.1, -0.05) is 53.5 Å². The van der Waals surface area contributed by atoms with E-state index in [1.807, 2.05) is 0 Å². The molecule has 2 bridgehead atoms. The molecule has 356 valence electrons. The number of ether oxygens (including phenoxy) is 4. The van der Waals surface area contributed by atoms with Gasteiger partial charge in [-0.2, -0.15) is 9.97 Å². The van der Waals surface area contributed by atoms with Crippen LogP contribution in [0, 0.1) is 34.9 Å². The van der Waals surface area contributed by atoms with Crippen LogP contribution in [-0.2, 0) is 9.47 Å². The maximum absolute atomic E-state index is 18.0. The molecule has 1 N–H and O–H groups in total. The smallest absolute Gasteiger partial charge is 0.407 e. The number of hydrogen-bond donors (Lipinski definition) is 1. The molecule has 2 aliphatic heterocycles. The molecule has 66 heavy (non-hydrogen) atoms. The zero-order valence-corrected chi connectivity index (χ0v) is 41.0. The van der Waals surface area contributed by atoms with Gasteiger partial charge >= 0.3 is 12.1 Å². The van der Waals surface area contributed by atoms with Crippen molar-refractivity contribution < 1.29 is 41.3 Å². The van der Waals surface area contributed by atoms with Crippen molar-refractivity contribution in [2.45, 2.75) is 153 Å². The summed E-state index contributed by atoms with van der Waals surface area (Å²) in [5.41, 5.74) is 3.78. The highest BCUT2D eigenvalue weighted by molar-refractivity contribution is 6.90. The number of carbonyl (C=O) groups excluding carboxylic acids is 1. The number of amides is 1. The van der Waals surface area contributed by atoms with Gasteiger partial charge < -0.3 is 24.3 Å². The third-order valence-electron chi connectivity index (χ3n) is 15.0. The monoisotopic (exact) mass is 931 g/mol. The molecule has 15 heteroatoms. The zero-order chi connectivity index (χ0) is 47.5. The van der Waals surface area contributed by atoms with Crippen molar-refractivity contribution >= 4 is 35.8 Å². The first-order valence-electron chi connectivity index (χ1n) is 23.7. The zero-order valence-electron chi connectivity index (χ0n) is 40.0. The SMILES string of the molecule is COCOc1cc(-c2ncc3c(C4[C@H]5CC[C@@H]4[C@@H](F)[C@H](NC(=O)OC(C)(C)C)C5)nc(OC[C@@]45CCCN4C[C@H](F)C5)nc3c2F)c2c(C#C[Si](C(C)C)(C(C)C)C(C)C)c(F)ccc2c1. The number of rotatable bonds is 12. The topological polar surface area (TPSA) is 108 Å². The minimum absolute atomic E-state index is 0.0920. The molecule has 4 aliphatic rings. The van der Waals surface area contributed by atoms with Crippen molar-refractivity contribution in [3.63, 3.8) is 0 Å². The first-order chi connectivity index (χ1) is 31.3. The number of nitrogens with one attached hydrogen (secondary N) is 1. The summed E-state index contributed by atoms with van der Waals surface area (Å²) < 4.78 is 89.0. The number of nitrogens with zero attached hydrogens (tertiary/aromatic N) is 4. The van der Waals surface area contributed by atoms with Crippen LogP contribution in [0.3, 0.4) is 0 Å². The number of alkyl halides is 2. The second-order valence-corrected chi connectivity index (χ2v) is 26.7. The number of halogens is 4. The first-order valence-corrected chi connectivity index (χ1v) is 25.9. The van der Waals surface area contributed by atoms with Gasteiger partial charge in [0.2, 0.25) is 0 Å². The lowest BCUT2D eigenvalue weighted by molar-refractivity contribution is 0.0383. The number of carbonyl (C=O) groups is 1. The first kappa shape index (κ1) is 48.0. The lowest BCUT2D eigenvalue weighted by Crippen LogP contribution is -2.50. The fourth-order valence-corrected chi connectivity index (χ4v) is 17.5. The Labute approximate surface area is 387 Å². The van der Waals surface area contributed by atoms with Gasteiger partial charge in [0.1, 0.15) is 55.4 Å². The van der Waals surface area contributed by atoms with E-state index in [0.717, 1.165) is 19.4 Å². The summed E-state index contributed by atoms with van der Waals surface area (Å²) >= 11 is 0. The van der Waals surface area contributed by atoms with Gasteiger partial charge in [-0.05, 0) is 106 Å². The normalized spacial score (nSPS) is 25.5. The summed E-state index contributed by atoms with van der Waals surface area (Å²) in [5.74, 6) is 1.15. The number of alkyl carbamates (subject to hydrolysis) is 1. The Balaban J connectivity index is 1.29. The van der Waals surface area contributed by atoms with Crippen LogP contribution in [0.1, 0.15) is 118 Å². The van der Waals surface area contributed by atoms with E-state index >= 15 is 13.2 Å². The summed E-state index contributed by atoms with van der Waals surface area (Å²) in [4.78, 5) is 29.4. The minimum Gasteiger partial charge on any atom is -0.468 e. The molecule has 2 aromatic heterocycles. The van der Waals surface area contributed by atoms with Crippen molar-refractivity contribution in [2.75, 3.05) is 33.6 Å². The minimum atomic E-state index is -2.35. The quantitative estimate of drug-likeness (QED) is 0.0643. The largest absolute Gasteiger partial charge is 0.468 e. The third kappa shape index (κ3) is 8.86. The van der Waals surface area contributed by atoms with E-state index < -0.39 is 67.2 Å². The highest BCUT2D eigenvalue weighted by atomic mass is 28.3. The Bertz CT molecular complexity index is 2520. The number of benzene rings is 2. The van der Waals surface area contributed by atoms with Crippen LogP contribution in [0.2, 0.25) is 16.6 Å². The van der Waals surface area contributed by atoms with E-state index in [1.165, 1.54) is 19.4 Å². The van der Waals surface area contributed by atoms with Crippen molar-refractivity contribution in [2.24, 2.45) is 11.8 Å². The molecule has 4 fully saturated rings. The third-order valence-corrected chi connectivity index (χ3v) is 21.3. The number of pyridine rings is 1. The number of fused-ring (bicyclic) bond motifs is 5. The van der Waals surface area contributed by atoms with E-state index in [1.54, 1.807) is 39.0 Å². The Morgan fingerprint density at radius 2 is 1.77 bits per heavy atom.